The Morgan fingerprint density at radius 2 is 2.05 bits per heavy atom. The smallest absolute Gasteiger partial charge is 0.356 e. The van der Waals surface area contributed by atoms with Crippen molar-refractivity contribution in [3.8, 4) is 0 Å². The zero-order valence-corrected chi connectivity index (χ0v) is 11.5. The molecule has 1 heterocycles. The number of benzene rings is 1. The van der Waals surface area contributed by atoms with Crippen LogP contribution in [0.25, 0.3) is 0 Å². The van der Waals surface area contributed by atoms with Crippen LogP contribution in [-0.2, 0) is 19.9 Å². The molecule has 0 fully saturated rings. The second-order valence-electron chi connectivity index (χ2n) is 4.89. The molecule has 1 aromatic heterocycles. The normalized spacial score (nSPS) is 10.7. The van der Waals surface area contributed by atoms with E-state index in [2.05, 4.69) is 37.0 Å². The summed E-state index contributed by atoms with van der Waals surface area (Å²) in [6.07, 6.45) is 3.07. The minimum Gasteiger partial charge on any atom is -0.476 e. The van der Waals surface area contributed by atoms with Crippen molar-refractivity contribution in [3.63, 3.8) is 0 Å². The topological polar surface area (TPSA) is 55.1 Å². The van der Waals surface area contributed by atoms with E-state index in [1.54, 1.807) is 10.9 Å². The number of hydrogen-bond acceptors (Lipinski definition) is 2. The van der Waals surface area contributed by atoms with Crippen LogP contribution in [0.4, 0.5) is 0 Å². The number of aryl methyl sites for hydroxylation is 4. The van der Waals surface area contributed by atoms with E-state index in [0.29, 0.717) is 6.42 Å². The Bertz CT molecular complexity index is 615. The fourth-order valence-electron chi connectivity index (χ4n) is 2.25. The molecule has 0 amide bonds. The predicted molar refractivity (Wildman–Crippen MR) is 73.5 cm³/mol. The van der Waals surface area contributed by atoms with Gasteiger partial charge in [0.1, 0.15) is 0 Å². The third-order valence-corrected chi connectivity index (χ3v) is 3.40. The lowest BCUT2D eigenvalue weighted by atomic mass is 10.00. The molecule has 4 heteroatoms. The Morgan fingerprint density at radius 3 is 2.74 bits per heavy atom. The van der Waals surface area contributed by atoms with Crippen molar-refractivity contribution in [3.05, 3.63) is 52.6 Å². The third kappa shape index (κ3) is 2.84. The lowest BCUT2D eigenvalue weighted by molar-refractivity contribution is 0.0689. The first-order valence-electron chi connectivity index (χ1n) is 6.28. The summed E-state index contributed by atoms with van der Waals surface area (Å²) in [7, 11) is 1.83. The summed E-state index contributed by atoms with van der Waals surface area (Å²) in [5.41, 5.74) is 4.66. The minimum absolute atomic E-state index is 0.160. The maximum Gasteiger partial charge on any atom is 0.356 e. The van der Waals surface area contributed by atoms with Gasteiger partial charge in [-0.05, 0) is 37.8 Å². The van der Waals surface area contributed by atoms with Gasteiger partial charge in [-0.2, -0.15) is 0 Å². The number of nitrogens with zero attached hydrogens (tertiary/aromatic N) is 2. The number of carbonyl (C=O) groups is 1. The summed E-state index contributed by atoms with van der Waals surface area (Å²) in [6.45, 7) is 4.14. The molecular weight excluding hydrogens is 240 g/mol. The first-order chi connectivity index (χ1) is 8.99. The molecule has 0 aliphatic rings. The highest BCUT2D eigenvalue weighted by Gasteiger charge is 2.15. The van der Waals surface area contributed by atoms with Gasteiger partial charge in [-0.15, -0.1) is 0 Å². The molecule has 100 valence electrons. The van der Waals surface area contributed by atoms with Crippen LogP contribution in [0, 0.1) is 13.8 Å². The first kappa shape index (κ1) is 13.3. The third-order valence-electron chi connectivity index (χ3n) is 3.40. The molecule has 0 bridgehead atoms. The van der Waals surface area contributed by atoms with Crippen LogP contribution >= 0.6 is 0 Å². The molecule has 0 saturated carbocycles. The molecule has 0 aliphatic carbocycles. The van der Waals surface area contributed by atoms with Gasteiger partial charge in [0.15, 0.2) is 5.69 Å². The Morgan fingerprint density at radius 1 is 1.32 bits per heavy atom. The molecule has 0 radical (unpaired) electrons. The van der Waals surface area contributed by atoms with Crippen molar-refractivity contribution in [2.24, 2.45) is 7.05 Å². The zero-order valence-electron chi connectivity index (χ0n) is 11.5. The fourth-order valence-corrected chi connectivity index (χ4v) is 2.25. The predicted octanol–water partition coefficient (Wildman–Crippen LogP) is 2.52. The largest absolute Gasteiger partial charge is 0.476 e. The standard InChI is InChI=1S/C15H18N2O2/c1-10-4-5-11(2)12(8-10)6-7-13-14(15(18)19)16-9-17(13)3/h4-5,8-9H,6-7H2,1-3H3,(H,18,19). The molecule has 0 aliphatic heterocycles. The molecule has 1 aromatic carbocycles. The Hall–Kier alpha value is -2.10. The highest BCUT2D eigenvalue weighted by molar-refractivity contribution is 5.86. The van der Waals surface area contributed by atoms with E-state index in [0.717, 1.165) is 12.1 Å². The van der Waals surface area contributed by atoms with Crippen LogP contribution in [-0.4, -0.2) is 20.6 Å². The van der Waals surface area contributed by atoms with Crippen LogP contribution < -0.4 is 0 Å². The quantitative estimate of drug-likeness (QED) is 0.916. The van der Waals surface area contributed by atoms with Crippen molar-refractivity contribution in [2.45, 2.75) is 26.7 Å². The van der Waals surface area contributed by atoms with Gasteiger partial charge in [0.05, 0.1) is 12.0 Å². The van der Waals surface area contributed by atoms with Gasteiger partial charge in [-0.1, -0.05) is 23.8 Å². The Balaban J connectivity index is 2.21. The average molecular weight is 258 g/mol. The summed E-state index contributed by atoms with van der Waals surface area (Å²) >= 11 is 0. The van der Waals surface area contributed by atoms with Gasteiger partial charge >= 0.3 is 5.97 Å². The van der Waals surface area contributed by atoms with E-state index >= 15 is 0 Å². The summed E-state index contributed by atoms with van der Waals surface area (Å²) in [4.78, 5) is 15.0. The van der Waals surface area contributed by atoms with Crippen LogP contribution in [0.1, 0.15) is 32.9 Å². The van der Waals surface area contributed by atoms with E-state index in [9.17, 15) is 4.79 Å². The maximum absolute atomic E-state index is 11.1. The van der Waals surface area contributed by atoms with Crippen LogP contribution in [0.5, 0.6) is 0 Å². The second-order valence-corrected chi connectivity index (χ2v) is 4.89. The number of carboxylic acid groups (broad SMARTS) is 1. The average Bonchev–Trinajstić information content (AvgIpc) is 2.72. The van der Waals surface area contributed by atoms with Gasteiger partial charge in [-0.3, -0.25) is 0 Å². The molecule has 4 nitrogen and oxygen atoms in total. The van der Waals surface area contributed by atoms with Crippen molar-refractivity contribution in [1.29, 1.82) is 0 Å². The van der Waals surface area contributed by atoms with Crippen molar-refractivity contribution >= 4 is 5.97 Å². The molecule has 2 aromatic rings. The van der Waals surface area contributed by atoms with Crippen molar-refractivity contribution in [2.75, 3.05) is 0 Å². The second kappa shape index (κ2) is 5.26. The van der Waals surface area contributed by atoms with Crippen molar-refractivity contribution in [1.82, 2.24) is 9.55 Å². The summed E-state index contributed by atoms with van der Waals surface area (Å²) in [5, 5.41) is 9.10. The van der Waals surface area contributed by atoms with Crippen LogP contribution in [0.15, 0.2) is 24.5 Å². The number of carboxylic acids is 1. The van der Waals surface area contributed by atoms with E-state index in [-0.39, 0.29) is 5.69 Å². The van der Waals surface area contributed by atoms with Crippen molar-refractivity contribution < 1.29 is 9.90 Å². The summed E-state index contributed by atoms with van der Waals surface area (Å²) < 4.78 is 1.79. The summed E-state index contributed by atoms with van der Waals surface area (Å²) in [5.74, 6) is -0.962. The zero-order chi connectivity index (χ0) is 14.0. The van der Waals surface area contributed by atoms with E-state index < -0.39 is 5.97 Å². The minimum atomic E-state index is -0.962. The van der Waals surface area contributed by atoms with Gasteiger partial charge < -0.3 is 9.67 Å². The Kier molecular flexibility index (Phi) is 3.69. The lowest BCUT2D eigenvalue weighted by Crippen LogP contribution is -2.07. The lowest BCUT2D eigenvalue weighted by Gasteiger charge is -2.08. The molecule has 19 heavy (non-hydrogen) atoms. The summed E-state index contributed by atoms with van der Waals surface area (Å²) in [6, 6.07) is 6.35. The van der Waals surface area contributed by atoms with Crippen LogP contribution in [0.2, 0.25) is 0 Å². The van der Waals surface area contributed by atoms with E-state index in [4.69, 9.17) is 5.11 Å². The van der Waals surface area contributed by atoms with Gasteiger partial charge in [0.2, 0.25) is 0 Å². The van der Waals surface area contributed by atoms with Gasteiger partial charge in [0.25, 0.3) is 0 Å². The number of hydrogen-bond donors (Lipinski definition) is 1. The first-order valence-corrected chi connectivity index (χ1v) is 6.28. The highest BCUT2D eigenvalue weighted by Crippen LogP contribution is 2.15. The monoisotopic (exact) mass is 258 g/mol. The SMILES string of the molecule is Cc1ccc(C)c(CCc2c(C(=O)O)ncn2C)c1. The molecule has 2 rings (SSSR count). The Labute approximate surface area is 112 Å². The molecule has 0 saturated heterocycles. The van der Waals surface area contributed by atoms with Gasteiger partial charge in [-0.25, -0.2) is 9.78 Å². The number of imidazole rings is 1. The molecule has 0 unspecified atom stereocenters. The fraction of sp³-hybridized carbons (Fsp3) is 0.333. The number of rotatable bonds is 4. The molecule has 0 spiro atoms. The highest BCUT2D eigenvalue weighted by atomic mass is 16.4. The van der Waals surface area contributed by atoms with Crippen LogP contribution in [0.3, 0.4) is 0 Å². The van der Waals surface area contributed by atoms with Gasteiger partial charge in [0, 0.05) is 7.05 Å². The number of aromatic carboxylic acids is 1. The number of aromatic nitrogens is 2. The maximum atomic E-state index is 11.1. The van der Waals surface area contributed by atoms with E-state index in [1.807, 2.05) is 7.05 Å². The molecule has 0 atom stereocenters. The molecular formula is C15H18N2O2. The molecule has 1 N–H and O–H groups in total. The van der Waals surface area contributed by atoms with E-state index in [1.165, 1.54) is 16.7 Å².